The normalized spacial score (nSPS) is 11.8. The van der Waals surface area contributed by atoms with E-state index in [2.05, 4.69) is 39.6 Å². The third kappa shape index (κ3) is 7.88. The smallest absolute Gasteiger partial charge is 0.191 e. The van der Waals surface area contributed by atoms with Gasteiger partial charge in [-0.05, 0) is 44.7 Å². The minimum Gasteiger partial charge on any atom is -0.385 e. The number of aromatic nitrogens is 2. The van der Waals surface area contributed by atoms with E-state index in [-0.39, 0.29) is 0 Å². The summed E-state index contributed by atoms with van der Waals surface area (Å²) in [6.45, 7) is 7.04. The Morgan fingerprint density at radius 1 is 1.25 bits per heavy atom. The number of nitrogens with zero attached hydrogens (tertiary/aromatic N) is 4. The monoisotopic (exact) mass is 406 g/mol. The number of hydrogen-bond acceptors (Lipinski definition) is 4. The molecule has 28 heavy (non-hydrogen) atoms. The van der Waals surface area contributed by atoms with Crippen LogP contribution < -0.4 is 10.6 Å². The zero-order valence-electron chi connectivity index (χ0n) is 17.0. The summed E-state index contributed by atoms with van der Waals surface area (Å²) in [7, 11) is 3.85. The van der Waals surface area contributed by atoms with Gasteiger partial charge < -0.3 is 20.3 Å². The van der Waals surface area contributed by atoms with Crippen LogP contribution in [0, 0.1) is 0 Å². The lowest BCUT2D eigenvalue weighted by Gasteiger charge is -2.18. The van der Waals surface area contributed by atoms with E-state index in [1.807, 2.05) is 41.3 Å². The molecule has 0 saturated heterocycles. The van der Waals surface area contributed by atoms with Crippen LogP contribution in [-0.4, -0.2) is 67.6 Å². The van der Waals surface area contributed by atoms with Crippen LogP contribution in [0.2, 0.25) is 5.02 Å². The lowest BCUT2D eigenvalue weighted by molar-refractivity contribution is 0.180. The predicted molar refractivity (Wildman–Crippen MR) is 115 cm³/mol. The number of methoxy groups -OCH3 is 1. The van der Waals surface area contributed by atoms with Crippen LogP contribution in [0.1, 0.15) is 18.9 Å². The highest BCUT2D eigenvalue weighted by Gasteiger charge is 2.03. The van der Waals surface area contributed by atoms with Gasteiger partial charge in [0.05, 0.1) is 18.4 Å². The molecule has 0 unspecified atom stereocenters. The maximum atomic E-state index is 5.94. The highest BCUT2D eigenvalue weighted by atomic mass is 35.5. The maximum absolute atomic E-state index is 5.94. The quantitative estimate of drug-likeness (QED) is 0.341. The molecule has 1 heterocycles. The molecule has 2 aromatic rings. The molecule has 0 atom stereocenters. The second-order valence-electron chi connectivity index (χ2n) is 6.54. The molecule has 0 aliphatic carbocycles. The van der Waals surface area contributed by atoms with E-state index in [4.69, 9.17) is 16.3 Å². The number of halogens is 1. The van der Waals surface area contributed by atoms with Crippen LogP contribution in [0.3, 0.4) is 0 Å². The first-order valence-electron chi connectivity index (χ1n) is 9.61. The molecule has 8 heteroatoms. The predicted octanol–water partition coefficient (Wildman–Crippen LogP) is 2.55. The van der Waals surface area contributed by atoms with Crippen molar-refractivity contribution in [2.45, 2.75) is 19.9 Å². The van der Waals surface area contributed by atoms with Gasteiger partial charge in [0.1, 0.15) is 0 Å². The van der Waals surface area contributed by atoms with E-state index in [1.54, 1.807) is 7.11 Å². The number of benzene rings is 1. The van der Waals surface area contributed by atoms with Crippen molar-refractivity contribution in [1.29, 1.82) is 0 Å². The highest BCUT2D eigenvalue weighted by molar-refractivity contribution is 6.30. The van der Waals surface area contributed by atoms with Gasteiger partial charge in [-0.1, -0.05) is 11.6 Å². The van der Waals surface area contributed by atoms with Gasteiger partial charge in [-0.3, -0.25) is 0 Å². The average molecular weight is 407 g/mol. The number of guanidine groups is 1. The Labute approximate surface area is 172 Å². The average Bonchev–Trinajstić information content (AvgIpc) is 3.16. The van der Waals surface area contributed by atoms with Crippen LogP contribution in [0.25, 0.3) is 5.69 Å². The second-order valence-corrected chi connectivity index (χ2v) is 6.98. The van der Waals surface area contributed by atoms with Gasteiger partial charge in [-0.15, -0.1) is 0 Å². The fraction of sp³-hybridized carbons (Fsp3) is 0.500. The molecule has 0 aliphatic rings. The summed E-state index contributed by atoms with van der Waals surface area (Å²) in [4.78, 5) is 6.94. The summed E-state index contributed by atoms with van der Waals surface area (Å²) in [5.74, 6) is 0.812. The van der Waals surface area contributed by atoms with Crippen LogP contribution in [-0.2, 0) is 11.3 Å². The summed E-state index contributed by atoms with van der Waals surface area (Å²) in [5, 5.41) is 11.8. The highest BCUT2D eigenvalue weighted by Crippen LogP contribution is 2.13. The Kier molecular flexibility index (Phi) is 9.82. The van der Waals surface area contributed by atoms with Crippen molar-refractivity contribution in [2.75, 3.05) is 46.9 Å². The first kappa shape index (κ1) is 22.2. The Balaban J connectivity index is 1.84. The van der Waals surface area contributed by atoms with Gasteiger partial charge >= 0.3 is 0 Å². The summed E-state index contributed by atoms with van der Waals surface area (Å²) in [6, 6.07) is 7.60. The molecular formula is C20H31ClN6O. The summed E-state index contributed by atoms with van der Waals surface area (Å²) < 4.78 is 6.92. The molecule has 1 aromatic carbocycles. The van der Waals surface area contributed by atoms with Crippen LogP contribution in [0.15, 0.2) is 41.7 Å². The Morgan fingerprint density at radius 2 is 2.04 bits per heavy atom. The molecule has 2 N–H and O–H groups in total. The van der Waals surface area contributed by atoms with Crippen molar-refractivity contribution in [3.8, 4) is 5.69 Å². The van der Waals surface area contributed by atoms with Crippen LogP contribution in [0.5, 0.6) is 0 Å². The molecule has 154 valence electrons. The molecule has 0 bridgehead atoms. The summed E-state index contributed by atoms with van der Waals surface area (Å²) in [5.41, 5.74) is 2.02. The molecule has 0 saturated carbocycles. The standard InChI is InChI=1S/C20H31ClN6O/c1-4-22-20(23-10-12-26(2)11-5-13-28-3)24-14-17-15-25-27(16-17)19-8-6-18(21)7-9-19/h6-9,15-16H,4-5,10-14H2,1-3H3,(H2,22,23,24). The van der Waals surface area contributed by atoms with E-state index in [9.17, 15) is 0 Å². The van der Waals surface area contributed by atoms with Crippen molar-refractivity contribution in [2.24, 2.45) is 4.99 Å². The summed E-state index contributed by atoms with van der Waals surface area (Å²) >= 11 is 5.94. The molecule has 2 rings (SSSR count). The lowest BCUT2D eigenvalue weighted by atomic mass is 10.3. The number of rotatable bonds is 11. The number of nitrogens with one attached hydrogen (secondary N) is 2. The van der Waals surface area contributed by atoms with Crippen LogP contribution >= 0.6 is 11.6 Å². The molecule has 0 aliphatic heterocycles. The number of aliphatic imine (C=N–C) groups is 1. The first-order chi connectivity index (χ1) is 13.6. The van der Waals surface area contributed by atoms with Crippen LogP contribution in [0.4, 0.5) is 0 Å². The molecule has 0 spiro atoms. The molecule has 0 radical (unpaired) electrons. The molecular weight excluding hydrogens is 376 g/mol. The Morgan fingerprint density at radius 3 is 2.75 bits per heavy atom. The van der Waals surface area contributed by atoms with Crippen molar-refractivity contribution >= 4 is 17.6 Å². The van der Waals surface area contributed by atoms with Crippen molar-refractivity contribution in [3.05, 3.63) is 47.2 Å². The third-order valence-electron chi connectivity index (χ3n) is 4.17. The number of ether oxygens (including phenoxy) is 1. The number of likely N-dealkylation sites (N-methyl/N-ethyl adjacent to an activating group) is 1. The molecule has 7 nitrogen and oxygen atoms in total. The van der Waals surface area contributed by atoms with Gasteiger partial charge in [-0.2, -0.15) is 5.10 Å². The zero-order chi connectivity index (χ0) is 20.2. The SMILES string of the molecule is CCNC(=NCc1cnn(-c2ccc(Cl)cc2)c1)NCCN(C)CCCOC. The van der Waals surface area contributed by atoms with E-state index in [1.165, 1.54) is 0 Å². The molecule has 1 aromatic heterocycles. The fourth-order valence-electron chi connectivity index (χ4n) is 2.64. The van der Waals surface area contributed by atoms with E-state index < -0.39 is 0 Å². The van der Waals surface area contributed by atoms with Gasteiger partial charge in [-0.25, -0.2) is 9.67 Å². The van der Waals surface area contributed by atoms with Crippen molar-refractivity contribution < 1.29 is 4.74 Å². The Hall–Kier alpha value is -2.09. The third-order valence-corrected chi connectivity index (χ3v) is 4.42. The lowest BCUT2D eigenvalue weighted by Crippen LogP contribution is -2.41. The molecule has 0 amide bonds. The minimum atomic E-state index is 0.562. The molecule has 0 fully saturated rings. The zero-order valence-corrected chi connectivity index (χ0v) is 17.7. The second kappa shape index (κ2) is 12.4. The van der Waals surface area contributed by atoms with E-state index in [0.717, 1.165) is 56.4 Å². The maximum Gasteiger partial charge on any atom is 0.191 e. The van der Waals surface area contributed by atoms with Crippen molar-refractivity contribution in [1.82, 2.24) is 25.3 Å². The van der Waals surface area contributed by atoms with E-state index >= 15 is 0 Å². The topological polar surface area (TPSA) is 66.7 Å². The van der Waals surface area contributed by atoms with E-state index in [0.29, 0.717) is 11.6 Å². The Bertz CT molecular complexity index is 716. The number of hydrogen-bond donors (Lipinski definition) is 2. The van der Waals surface area contributed by atoms with Gasteiger partial charge in [0, 0.05) is 56.7 Å². The fourth-order valence-corrected chi connectivity index (χ4v) is 2.77. The van der Waals surface area contributed by atoms with Gasteiger partial charge in [0.2, 0.25) is 0 Å². The summed E-state index contributed by atoms with van der Waals surface area (Å²) in [6.07, 6.45) is 4.86. The first-order valence-corrected chi connectivity index (χ1v) is 9.99. The largest absolute Gasteiger partial charge is 0.385 e. The van der Waals surface area contributed by atoms with Gasteiger partial charge in [0.25, 0.3) is 0 Å². The minimum absolute atomic E-state index is 0.562. The van der Waals surface area contributed by atoms with Crippen molar-refractivity contribution in [3.63, 3.8) is 0 Å². The van der Waals surface area contributed by atoms with Gasteiger partial charge in [0.15, 0.2) is 5.96 Å².